The normalized spacial score (nSPS) is 14.2. The fourth-order valence-electron chi connectivity index (χ4n) is 3.36. The van der Waals surface area contributed by atoms with Gasteiger partial charge in [-0.25, -0.2) is 0 Å². The molecule has 0 aliphatic heterocycles. The molecule has 0 aliphatic carbocycles. The summed E-state index contributed by atoms with van der Waals surface area (Å²) in [6.07, 6.45) is 0.988. The molecule has 0 unspecified atom stereocenters. The molecule has 0 rings (SSSR count). The van der Waals surface area contributed by atoms with Crippen molar-refractivity contribution in [2.45, 2.75) is 44.8 Å². The lowest BCUT2D eigenvalue weighted by atomic mass is 10.2. The fraction of sp³-hybridized carbons (Fsp3) is 1.00. The summed E-state index contributed by atoms with van der Waals surface area (Å²) in [6.45, 7) is 5.40. The van der Waals surface area contributed by atoms with Crippen LogP contribution in [0.15, 0.2) is 0 Å². The Morgan fingerprint density at radius 3 is 1.23 bits per heavy atom. The second-order valence-electron chi connectivity index (χ2n) is 8.22. The molecule has 0 spiro atoms. The molecule has 0 atom stereocenters. The van der Waals surface area contributed by atoms with E-state index in [1.165, 1.54) is 0 Å². The Bertz CT molecular complexity index is 732. The molecule has 11 nitrogen and oxygen atoms in total. The second-order valence-corrected chi connectivity index (χ2v) is 17.4. The summed E-state index contributed by atoms with van der Waals surface area (Å²) in [5.41, 5.74) is 0. The lowest BCUT2D eigenvalue weighted by molar-refractivity contribution is -0.928. The van der Waals surface area contributed by atoms with Gasteiger partial charge in [0.05, 0.1) is 43.4 Å². The van der Waals surface area contributed by atoms with Gasteiger partial charge in [-0.2, -0.15) is 25.3 Å². The molecule has 0 aromatic carbocycles. The topological polar surface area (TPSA) is 172 Å². The Morgan fingerprint density at radius 1 is 0.667 bits per heavy atom. The van der Waals surface area contributed by atoms with Gasteiger partial charge in [0.2, 0.25) is 0 Å². The summed E-state index contributed by atoms with van der Waals surface area (Å²) >= 11 is 0. The highest BCUT2D eigenvalue weighted by Crippen LogP contribution is 2.19. The lowest BCUT2D eigenvalue weighted by Gasteiger charge is -2.39. The van der Waals surface area contributed by atoms with Crippen molar-refractivity contribution in [3.05, 3.63) is 0 Å². The Balaban J connectivity index is 5.46. The molecule has 15 heteroatoms. The SMILES string of the molecule is CO[Si](C)(C)CCC[N+](CCCS(=O)(=O)O)(CCCS(=O)(=O)O)CCCS(=O)(=O)O. The predicted molar refractivity (Wildman–Crippen MR) is 117 cm³/mol. The van der Waals surface area contributed by atoms with E-state index in [0.717, 1.165) is 6.04 Å². The van der Waals surface area contributed by atoms with Crippen molar-refractivity contribution >= 4 is 38.7 Å². The van der Waals surface area contributed by atoms with Crippen LogP contribution in [0.2, 0.25) is 19.1 Å². The zero-order valence-electron chi connectivity index (χ0n) is 17.9. The lowest BCUT2D eigenvalue weighted by Crippen LogP contribution is -2.52. The molecule has 0 aromatic rings. The van der Waals surface area contributed by atoms with Gasteiger partial charge in [0.25, 0.3) is 30.4 Å². The molecule has 0 saturated heterocycles. The molecule has 0 radical (unpaired) electrons. The molecule has 0 aliphatic rings. The first-order chi connectivity index (χ1) is 13.4. The highest BCUT2D eigenvalue weighted by Gasteiger charge is 2.30. The van der Waals surface area contributed by atoms with Crippen LogP contribution >= 0.6 is 0 Å². The van der Waals surface area contributed by atoms with E-state index in [1.807, 2.05) is 13.1 Å². The molecule has 0 bridgehead atoms. The van der Waals surface area contributed by atoms with E-state index < -0.39 is 55.9 Å². The maximum atomic E-state index is 11.1. The van der Waals surface area contributed by atoms with Crippen LogP contribution in [0.3, 0.4) is 0 Å². The van der Waals surface area contributed by atoms with Crippen molar-refractivity contribution in [2.24, 2.45) is 0 Å². The van der Waals surface area contributed by atoms with Crippen LogP contribution in [0.25, 0.3) is 0 Å². The van der Waals surface area contributed by atoms with Crippen LogP contribution in [0.1, 0.15) is 25.7 Å². The number of hydrogen-bond acceptors (Lipinski definition) is 7. The van der Waals surface area contributed by atoms with E-state index in [2.05, 4.69) is 0 Å². The van der Waals surface area contributed by atoms with Gasteiger partial charge in [0.15, 0.2) is 8.32 Å². The number of hydrogen-bond donors (Lipinski definition) is 3. The van der Waals surface area contributed by atoms with Crippen LogP contribution in [-0.4, -0.2) is 102 Å². The molecule has 0 heterocycles. The predicted octanol–water partition coefficient (Wildman–Crippen LogP) is 0.879. The minimum absolute atomic E-state index is 0.0989. The smallest absolute Gasteiger partial charge is 0.265 e. The summed E-state index contributed by atoms with van der Waals surface area (Å²) in [5.74, 6) is -1.41. The number of rotatable bonds is 17. The van der Waals surface area contributed by atoms with E-state index in [1.54, 1.807) is 7.11 Å². The Labute approximate surface area is 181 Å². The quantitative estimate of drug-likeness (QED) is 0.144. The third kappa shape index (κ3) is 16.5. The third-order valence-electron chi connectivity index (χ3n) is 5.07. The summed E-state index contributed by atoms with van der Waals surface area (Å²) in [6, 6.07) is 0.790. The molecule has 182 valence electrons. The minimum atomic E-state index is -4.18. The highest BCUT2D eigenvalue weighted by atomic mass is 32.2. The van der Waals surface area contributed by atoms with Crippen LogP contribution < -0.4 is 0 Å². The summed E-state index contributed by atoms with van der Waals surface area (Å²) < 4.78 is 99.4. The first-order valence-electron chi connectivity index (χ1n) is 9.64. The van der Waals surface area contributed by atoms with Crippen molar-refractivity contribution in [3.63, 3.8) is 0 Å². The van der Waals surface area contributed by atoms with Crippen LogP contribution in [0.4, 0.5) is 0 Å². The maximum absolute atomic E-state index is 11.1. The van der Waals surface area contributed by atoms with E-state index in [-0.39, 0.29) is 43.4 Å². The van der Waals surface area contributed by atoms with Crippen molar-refractivity contribution in [1.82, 2.24) is 0 Å². The van der Waals surface area contributed by atoms with E-state index >= 15 is 0 Å². The molecule has 3 N–H and O–H groups in total. The van der Waals surface area contributed by atoms with Crippen LogP contribution in [0, 0.1) is 0 Å². The van der Waals surface area contributed by atoms with Gasteiger partial charge in [-0.05, 0) is 25.6 Å². The van der Waals surface area contributed by atoms with E-state index in [4.69, 9.17) is 18.1 Å². The third-order valence-corrected chi connectivity index (χ3v) is 10.1. The first-order valence-corrected chi connectivity index (χ1v) is 17.6. The molecule has 0 aromatic heterocycles. The fourth-order valence-corrected chi connectivity index (χ4v) is 6.06. The first kappa shape index (κ1) is 29.9. The monoisotopic (exact) mass is 514 g/mol. The van der Waals surface area contributed by atoms with Gasteiger partial charge in [0.1, 0.15) is 0 Å². The molecule has 0 saturated carbocycles. The summed E-state index contributed by atoms with van der Waals surface area (Å²) in [4.78, 5) is 0. The average molecular weight is 515 g/mol. The molecular formula is C15H36NO10S3Si+. The zero-order chi connectivity index (χ0) is 23.7. The Kier molecular flexibility index (Phi) is 12.1. The van der Waals surface area contributed by atoms with Gasteiger partial charge in [-0.1, -0.05) is 0 Å². The average Bonchev–Trinajstić information content (AvgIpc) is 2.51. The zero-order valence-corrected chi connectivity index (χ0v) is 21.3. The van der Waals surface area contributed by atoms with Crippen molar-refractivity contribution in [2.75, 3.05) is 50.5 Å². The van der Waals surface area contributed by atoms with Crippen molar-refractivity contribution in [3.8, 4) is 0 Å². The van der Waals surface area contributed by atoms with Gasteiger partial charge in [0, 0.05) is 26.4 Å². The molecule has 0 fully saturated rings. The van der Waals surface area contributed by atoms with Crippen molar-refractivity contribution in [1.29, 1.82) is 0 Å². The standard InChI is InChI=1S/C15H35NO10S3Si/c1-26-30(2,3)15-7-11-16(8-4-12-27(17,18)19,9-5-13-28(20,21)22)10-6-14-29(23,24)25/h4-15H2,1-3H3,(H2-,17,18,19,20,21,22,23,24,25)/p+1. The number of quaternary nitrogens is 1. The molecular weight excluding hydrogens is 478 g/mol. The highest BCUT2D eigenvalue weighted by molar-refractivity contribution is 7.86. The van der Waals surface area contributed by atoms with Crippen molar-refractivity contribution < 1.29 is 47.8 Å². The van der Waals surface area contributed by atoms with Gasteiger partial charge >= 0.3 is 0 Å². The van der Waals surface area contributed by atoms with E-state index in [0.29, 0.717) is 13.0 Å². The second kappa shape index (κ2) is 12.2. The Hall–Kier alpha value is -0.133. The Morgan fingerprint density at radius 2 is 0.967 bits per heavy atom. The maximum Gasteiger partial charge on any atom is 0.265 e. The van der Waals surface area contributed by atoms with Gasteiger partial charge < -0.3 is 8.91 Å². The molecule has 0 amide bonds. The summed E-state index contributed by atoms with van der Waals surface area (Å²) in [5, 5.41) is 0. The summed E-state index contributed by atoms with van der Waals surface area (Å²) in [7, 11) is -12.8. The molecule has 30 heavy (non-hydrogen) atoms. The largest absolute Gasteiger partial charge is 0.420 e. The van der Waals surface area contributed by atoms with Gasteiger partial charge in [-0.15, -0.1) is 0 Å². The minimum Gasteiger partial charge on any atom is -0.420 e. The van der Waals surface area contributed by atoms with Gasteiger partial charge in [-0.3, -0.25) is 13.7 Å². The number of nitrogens with zero attached hydrogens (tertiary/aromatic N) is 1. The van der Waals surface area contributed by atoms with E-state index in [9.17, 15) is 25.3 Å². The van der Waals surface area contributed by atoms with Crippen LogP contribution in [-0.2, 0) is 34.8 Å². The van der Waals surface area contributed by atoms with Crippen LogP contribution in [0.5, 0.6) is 0 Å².